The van der Waals surface area contributed by atoms with Crippen molar-refractivity contribution in [1.29, 1.82) is 0 Å². The zero-order valence-corrected chi connectivity index (χ0v) is 12.3. The van der Waals surface area contributed by atoms with Crippen LogP contribution in [0.4, 0.5) is 10.5 Å². The Kier molecular flexibility index (Phi) is 4.74. The molecule has 1 aromatic rings. The molecule has 0 saturated carbocycles. The molecule has 2 rings (SSSR count). The Morgan fingerprint density at radius 3 is 2.52 bits per heavy atom. The van der Waals surface area contributed by atoms with Gasteiger partial charge in [0.25, 0.3) is 16.8 Å². The fourth-order valence-corrected chi connectivity index (χ4v) is 2.72. The quantitative estimate of drug-likeness (QED) is 0.473. The third kappa shape index (κ3) is 3.49. The van der Waals surface area contributed by atoms with Crippen LogP contribution in [0.2, 0.25) is 0 Å². The van der Waals surface area contributed by atoms with Crippen molar-refractivity contribution in [2.24, 2.45) is 0 Å². The summed E-state index contributed by atoms with van der Waals surface area (Å²) in [5, 5.41) is 10.3. The summed E-state index contributed by atoms with van der Waals surface area (Å²) in [6, 6.07) is 5.84. The maximum Gasteiger partial charge on any atom is 0.293 e. The average Bonchev–Trinajstić information content (AvgIpc) is 2.72. The second-order valence-electron chi connectivity index (χ2n) is 4.54. The standard InChI is InChI=1S/C14H14N2O4S/c1-2-3-8-15-13(17)12(21-14(15)18)9-10-4-6-11(7-5-10)16(19)20/h4-7,9H,2-3,8H2,1H3/b12-9-. The van der Waals surface area contributed by atoms with Crippen molar-refractivity contribution < 1.29 is 14.5 Å². The van der Waals surface area contributed by atoms with Gasteiger partial charge in [0.2, 0.25) is 0 Å². The molecule has 0 N–H and O–H groups in total. The summed E-state index contributed by atoms with van der Waals surface area (Å²) in [6.45, 7) is 2.42. The lowest BCUT2D eigenvalue weighted by atomic mass is 10.2. The molecule has 1 aliphatic rings. The summed E-state index contributed by atoms with van der Waals surface area (Å²) >= 11 is 0.902. The SMILES string of the molecule is CCCCN1C(=O)S/C(=C\c2ccc([N+](=O)[O-])cc2)C1=O. The third-order valence-electron chi connectivity index (χ3n) is 3.01. The van der Waals surface area contributed by atoms with E-state index in [1.165, 1.54) is 17.0 Å². The second-order valence-corrected chi connectivity index (χ2v) is 5.53. The first-order chi connectivity index (χ1) is 10.0. The van der Waals surface area contributed by atoms with Gasteiger partial charge in [-0.3, -0.25) is 24.6 Å². The molecule has 0 atom stereocenters. The molecule has 0 aliphatic carbocycles. The Balaban J connectivity index is 2.16. The molecule has 21 heavy (non-hydrogen) atoms. The highest BCUT2D eigenvalue weighted by atomic mass is 32.2. The molecule has 1 aromatic carbocycles. The van der Waals surface area contributed by atoms with E-state index in [0.717, 1.165) is 24.6 Å². The summed E-state index contributed by atoms with van der Waals surface area (Å²) < 4.78 is 0. The van der Waals surface area contributed by atoms with Crippen molar-refractivity contribution in [3.8, 4) is 0 Å². The van der Waals surface area contributed by atoms with Crippen LogP contribution in [-0.4, -0.2) is 27.5 Å². The molecule has 0 unspecified atom stereocenters. The van der Waals surface area contributed by atoms with Crippen molar-refractivity contribution >= 4 is 34.7 Å². The van der Waals surface area contributed by atoms with Crippen LogP contribution >= 0.6 is 11.8 Å². The Morgan fingerprint density at radius 1 is 1.29 bits per heavy atom. The molecule has 0 bridgehead atoms. The van der Waals surface area contributed by atoms with Crippen LogP contribution in [0.15, 0.2) is 29.2 Å². The number of benzene rings is 1. The van der Waals surface area contributed by atoms with Gasteiger partial charge < -0.3 is 0 Å². The first kappa shape index (κ1) is 15.2. The van der Waals surface area contributed by atoms with Crippen molar-refractivity contribution in [1.82, 2.24) is 4.90 Å². The van der Waals surface area contributed by atoms with Gasteiger partial charge in [0.1, 0.15) is 0 Å². The maximum atomic E-state index is 12.1. The van der Waals surface area contributed by atoms with E-state index in [4.69, 9.17) is 0 Å². The zero-order valence-electron chi connectivity index (χ0n) is 11.4. The van der Waals surface area contributed by atoms with E-state index in [0.29, 0.717) is 17.0 Å². The number of amides is 2. The van der Waals surface area contributed by atoms with Crippen LogP contribution < -0.4 is 0 Å². The summed E-state index contributed by atoms with van der Waals surface area (Å²) in [4.78, 5) is 35.6. The molecule has 2 amide bonds. The molecule has 1 aliphatic heterocycles. The van der Waals surface area contributed by atoms with Crippen LogP contribution in [-0.2, 0) is 4.79 Å². The predicted octanol–water partition coefficient (Wildman–Crippen LogP) is 3.43. The van der Waals surface area contributed by atoms with Crippen molar-refractivity contribution in [2.45, 2.75) is 19.8 Å². The molecule has 1 fully saturated rings. The van der Waals surface area contributed by atoms with E-state index >= 15 is 0 Å². The lowest BCUT2D eigenvalue weighted by Crippen LogP contribution is -2.29. The number of carbonyl (C=O) groups is 2. The first-order valence-corrected chi connectivity index (χ1v) is 7.34. The monoisotopic (exact) mass is 306 g/mol. The maximum absolute atomic E-state index is 12.1. The summed E-state index contributed by atoms with van der Waals surface area (Å²) in [6.07, 6.45) is 3.27. The van der Waals surface area contributed by atoms with E-state index in [2.05, 4.69) is 0 Å². The molecule has 0 spiro atoms. The highest BCUT2D eigenvalue weighted by molar-refractivity contribution is 8.18. The molecule has 1 heterocycles. The number of nitrogens with zero attached hydrogens (tertiary/aromatic N) is 2. The van der Waals surface area contributed by atoms with Crippen LogP contribution in [0, 0.1) is 10.1 Å². The lowest BCUT2D eigenvalue weighted by Gasteiger charge is -2.10. The number of nitro benzene ring substituents is 1. The number of hydrogen-bond acceptors (Lipinski definition) is 5. The molecule has 110 valence electrons. The van der Waals surface area contributed by atoms with Crippen molar-refractivity contribution in [2.75, 3.05) is 6.54 Å². The minimum absolute atomic E-state index is 0.0109. The number of imide groups is 1. The van der Waals surface area contributed by atoms with Gasteiger partial charge in [-0.25, -0.2) is 0 Å². The van der Waals surface area contributed by atoms with E-state index < -0.39 is 4.92 Å². The Morgan fingerprint density at radius 2 is 1.95 bits per heavy atom. The fraction of sp³-hybridized carbons (Fsp3) is 0.286. The van der Waals surface area contributed by atoms with E-state index in [1.54, 1.807) is 18.2 Å². The molecular weight excluding hydrogens is 292 g/mol. The van der Waals surface area contributed by atoms with Crippen molar-refractivity contribution in [3.63, 3.8) is 0 Å². The lowest BCUT2D eigenvalue weighted by molar-refractivity contribution is -0.384. The largest absolute Gasteiger partial charge is 0.293 e. The third-order valence-corrected chi connectivity index (χ3v) is 3.92. The first-order valence-electron chi connectivity index (χ1n) is 6.52. The van der Waals surface area contributed by atoms with E-state index in [9.17, 15) is 19.7 Å². The minimum atomic E-state index is -0.484. The Bertz CT molecular complexity index is 610. The zero-order chi connectivity index (χ0) is 15.4. The smallest absolute Gasteiger partial charge is 0.268 e. The van der Waals surface area contributed by atoms with Crippen LogP contribution in [0.1, 0.15) is 25.3 Å². The fourth-order valence-electron chi connectivity index (χ4n) is 1.85. The number of thioether (sulfide) groups is 1. The van der Waals surface area contributed by atoms with Gasteiger partial charge in [-0.05, 0) is 42.0 Å². The van der Waals surface area contributed by atoms with Crippen molar-refractivity contribution in [3.05, 3.63) is 44.8 Å². The molecule has 0 aromatic heterocycles. The van der Waals surface area contributed by atoms with Gasteiger partial charge in [-0.2, -0.15) is 0 Å². The Hall–Kier alpha value is -2.15. The van der Waals surface area contributed by atoms with E-state index in [1.807, 2.05) is 6.92 Å². The van der Waals surface area contributed by atoms with E-state index in [-0.39, 0.29) is 16.8 Å². The minimum Gasteiger partial charge on any atom is -0.268 e. The second kappa shape index (κ2) is 6.53. The highest BCUT2D eigenvalue weighted by Gasteiger charge is 2.34. The van der Waals surface area contributed by atoms with Crippen LogP contribution in [0.3, 0.4) is 0 Å². The normalized spacial score (nSPS) is 16.8. The molecule has 0 radical (unpaired) electrons. The molecular formula is C14H14N2O4S. The topological polar surface area (TPSA) is 80.5 Å². The average molecular weight is 306 g/mol. The van der Waals surface area contributed by atoms with Gasteiger partial charge in [-0.1, -0.05) is 13.3 Å². The van der Waals surface area contributed by atoms with Crippen LogP contribution in [0.5, 0.6) is 0 Å². The number of carbonyl (C=O) groups excluding carboxylic acids is 2. The van der Waals surface area contributed by atoms with Gasteiger partial charge in [-0.15, -0.1) is 0 Å². The van der Waals surface area contributed by atoms with Crippen LogP contribution in [0.25, 0.3) is 6.08 Å². The molecule has 7 heteroatoms. The summed E-state index contributed by atoms with van der Waals surface area (Å²) in [5.74, 6) is -0.295. The number of rotatable bonds is 5. The van der Waals surface area contributed by atoms with Gasteiger partial charge in [0, 0.05) is 18.7 Å². The number of non-ortho nitro benzene ring substituents is 1. The highest BCUT2D eigenvalue weighted by Crippen LogP contribution is 2.32. The summed E-state index contributed by atoms with van der Waals surface area (Å²) in [7, 11) is 0. The summed E-state index contributed by atoms with van der Waals surface area (Å²) in [5.41, 5.74) is 0.643. The van der Waals surface area contributed by atoms with Gasteiger partial charge in [0.15, 0.2) is 0 Å². The number of unbranched alkanes of at least 4 members (excludes halogenated alkanes) is 1. The van der Waals surface area contributed by atoms with Gasteiger partial charge in [0.05, 0.1) is 9.83 Å². The number of nitro groups is 1. The predicted molar refractivity (Wildman–Crippen MR) is 80.7 cm³/mol. The molecule has 6 nitrogen and oxygen atoms in total. The van der Waals surface area contributed by atoms with Gasteiger partial charge >= 0.3 is 0 Å². The molecule has 1 saturated heterocycles. The Labute approximate surface area is 126 Å². The number of hydrogen-bond donors (Lipinski definition) is 0.